The van der Waals surface area contributed by atoms with Gasteiger partial charge in [0.25, 0.3) is 0 Å². The van der Waals surface area contributed by atoms with Gasteiger partial charge in [-0.2, -0.15) is 0 Å². The van der Waals surface area contributed by atoms with Crippen LogP contribution < -0.4 is 15.4 Å². The highest BCUT2D eigenvalue weighted by molar-refractivity contribution is 5.86. The molecule has 30 heavy (non-hydrogen) atoms. The summed E-state index contributed by atoms with van der Waals surface area (Å²) in [6.07, 6.45) is 1.90. The molecule has 3 aromatic rings. The number of fused-ring (bicyclic) bond motifs is 1. The Bertz CT molecular complexity index is 973. The second-order valence-corrected chi connectivity index (χ2v) is 7.37. The molecule has 0 radical (unpaired) electrons. The number of amides is 1. The van der Waals surface area contributed by atoms with E-state index in [1.165, 1.54) is 0 Å². The van der Waals surface area contributed by atoms with Crippen molar-refractivity contribution < 1.29 is 14.3 Å². The molecule has 1 aliphatic rings. The number of carbonyl (C=O) groups excluding carboxylic acids is 1. The van der Waals surface area contributed by atoms with Crippen LogP contribution in [0.25, 0.3) is 10.9 Å². The highest BCUT2D eigenvalue weighted by atomic mass is 35.5. The first kappa shape index (κ1) is 22.2. The van der Waals surface area contributed by atoms with Gasteiger partial charge < -0.3 is 25.1 Å². The largest absolute Gasteiger partial charge is 0.497 e. The fourth-order valence-corrected chi connectivity index (χ4v) is 3.97. The molecule has 1 amide bonds. The quantitative estimate of drug-likeness (QED) is 0.562. The number of methoxy groups -OCH3 is 1. The van der Waals surface area contributed by atoms with E-state index >= 15 is 0 Å². The minimum Gasteiger partial charge on any atom is -0.497 e. The molecule has 7 heteroatoms. The molecule has 1 aromatic heterocycles. The Balaban J connectivity index is 0.00000256. The first-order valence-electron chi connectivity index (χ1n) is 10.00. The molecule has 0 saturated carbocycles. The molecule has 0 bridgehead atoms. The lowest BCUT2D eigenvalue weighted by Gasteiger charge is -2.30. The first-order valence-corrected chi connectivity index (χ1v) is 10.00. The smallest absolute Gasteiger partial charge is 0.239 e. The fourth-order valence-electron chi connectivity index (χ4n) is 3.97. The number of benzene rings is 2. The summed E-state index contributed by atoms with van der Waals surface area (Å²) in [5, 5.41) is 7.55. The van der Waals surface area contributed by atoms with Crippen molar-refractivity contribution in [3.05, 3.63) is 65.9 Å². The average molecular weight is 430 g/mol. The lowest BCUT2D eigenvalue weighted by molar-refractivity contribution is -0.128. The summed E-state index contributed by atoms with van der Waals surface area (Å²) in [6.45, 7) is 3.75. The van der Waals surface area contributed by atoms with Gasteiger partial charge in [-0.1, -0.05) is 30.3 Å². The summed E-state index contributed by atoms with van der Waals surface area (Å²) in [5.74, 6) is 0.796. The Kier molecular flexibility index (Phi) is 7.37. The molecule has 3 atom stereocenters. The summed E-state index contributed by atoms with van der Waals surface area (Å²) in [5.41, 5.74) is 3.37. The van der Waals surface area contributed by atoms with Crippen molar-refractivity contribution in [1.29, 1.82) is 0 Å². The number of carbonyl (C=O) groups is 1. The molecule has 1 aliphatic heterocycles. The monoisotopic (exact) mass is 429 g/mol. The molecule has 1 fully saturated rings. The number of aromatic nitrogens is 1. The number of rotatable bonds is 6. The molecular weight excluding hydrogens is 402 g/mol. The molecule has 160 valence electrons. The van der Waals surface area contributed by atoms with E-state index in [2.05, 4.69) is 39.9 Å². The molecule has 0 aliphatic carbocycles. The van der Waals surface area contributed by atoms with E-state index in [4.69, 9.17) is 9.47 Å². The van der Waals surface area contributed by atoms with Crippen LogP contribution in [-0.4, -0.2) is 49.8 Å². The van der Waals surface area contributed by atoms with Crippen molar-refractivity contribution in [2.75, 3.05) is 26.8 Å². The third kappa shape index (κ3) is 4.61. The van der Waals surface area contributed by atoms with Crippen molar-refractivity contribution >= 4 is 29.2 Å². The van der Waals surface area contributed by atoms with E-state index in [1.54, 1.807) is 7.11 Å². The number of aromatic amines is 1. The maximum atomic E-state index is 12.8. The van der Waals surface area contributed by atoms with E-state index in [-0.39, 0.29) is 36.4 Å². The third-order valence-corrected chi connectivity index (χ3v) is 5.59. The van der Waals surface area contributed by atoms with E-state index in [1.807, 2.05) is 37.4 Å². The zero-order chi connectivity index (χ0) is 20.2. The first-order chi connectivity index (χ1) is 14.2. The Hall–Kier alpha value is -2.54. The Morgan fingerprint density at radius 2 is 2.00 bits per heavy atom. The second kappa shape index (κ2) is 9.98. The fraction of sp³-hybridized carbons (Fsp3) is 0.348. The SMILES string of the molecule is COc1ccc(C(CNC(=O)[C@H]2NCCO[C@@H]2C)c2c[nH]c3ccccc23)cc1.Cl. The number of morpholine rings is 1. The number of halogens is 1. The van der Waals surface area contributed by atoms with Crippen LogP contribution in [0.3, 0.4) is 0 Å². The Morgan fingerprint density at radius 3 is 2.73 bits per heavy atom. The summed E-state index contributed by atoms with van der Waals surface area (Å²) in [4.78, 5) is 16.1. The van der Waals surface area contributed by atoms with Gasteiger partial charge in [0.15, 0.2) is 0 Å². The lowest BCUT2D eigenvalue weighted by atomic mass is 9.90. The predicted molar refractivity (Wildman–Crippen MR) is 121 cm³/mol. The molecular formula is C23H28ClN3O3. The molecule has 6 nitrogen and oxygen atoms in total. The zero-order valence-electron chi connectivity index (χ0n) is 17.2. The topological polar surface area (TPSA) is 75.4 Å². The number of ether oxygens (including phenoxy) is 2. The minimum absolute atomic E-state index is 0. The van der Waals surface area contributed by atoms with Crippen molar-refractivity contribution in [3.8, 4) is 5.75 Å². The number of hydrogen-bond donors (Lipinski definition) is 3. The van der Waals surface area contributed by atoms with Gasteiger partial charge in [-0.15, -0.1) is 12.4 Å². The summed E-state index contributed by atoms with van der Waals surface area (Å²) in [6, 6.07) is 15.9. The van der Waals surface area contributed by atoms with Crippen LogP contribution in [0, 0.1) is 0 Å². The number of hydrogen-bond acceptors (Lipinski definition) is 4. The van der Waals surface area contributed by atoms with Crippen LogP contribution in [0.5, 0.6) is 5.75 Å². The number of para-hydroxylation sites is 1. The van der Waals surface area contributed by atoms with Crippen LogP contribution in [0.15, 0.2) is 54.7 Å². The van der Waals surface area contributed by atoms with Gasteiger partial charge in [0, 0.05) is 36.1 Å². The molecule has 4 rings (SSSR count). The van der Waals surface area contributed by atoms with E-state index in [9.17, 15) is 4.79 Å². The van der Waals surface area contributed by atoms with Gasteiger partial charge in [0.2, 0.25) is 5.91 Å². The zero-order valence-corrected chi connectivity index (χ0v) is 18.0. The highest BCUT2D eigenvalue weighted by Gasteiger charge is 2.29. The van der Waals surface area contributed by atoms with Gasteiger partial charge in [0.05, 0.1) is 19.8 Å². The summed E-state index contributed by atoms with van der Waals surface area (Å²) in [7, 11) is 1.66. The van der Waals surface area contributed by atoms with Gasteiger partial charge in [0.1, 0.15) is 11.8 Å². The van der Waals surface area contributed by atoms with Crippen LogP contribution in [0.1, 0.15) is 24.0 Å². The number of nitrogens with one attached hydrogen (secondary N) is 3. The van der Waals surface area contributed by atoms with Crippen LogP contribution in [0.2, 0.25) is 0 Å². The van der Waals surface area contributed by atoms with Gasteiger partial charge in [-0.3, -0.25) is 4.79 Å². The normalized spacial score (nSPS) is 19.7. The van der Waals surface area contributed by atoms with Gasteiger partial charge >= 0.3 is 0 Å². The van der Waals surface area contributed by atoms with E-state index in [0.29, 0.717) is 19.7 Å². The maximum absolute atomic E-state index is 12.8. The second-order valence-electron chi connectivity index (χ2n) is 7.37. The molecule has 3 N–H and O–H groups in total. The predicted octanol–water partition coefficient (Wildman–Crippen LogP) is 3.22. The molecule has 1 unspecified atom stereocenters. The minimum atomic E-state index is -0.330. The van der Waals surface area contributed by atoms with Crippen molar-refractivity contribution in [2.24, 2.45) is 0 Å². The third-order valence-electron chi connectivity index (χ3n) is 5.59. The number of H-pyrrole nitrogens is 1. The Labute approximate surface area is 182 Å². The van der Waals surface area contributed by atoms with Gasteiger partial charge in [-0.25, -0.2) is 0 Å². The maximum Gasteiger partial charge on any atom is 0.239 e. The lowest BCUT2D eigenvalue weighted by Crippen LogP contribution is -2.55. The van der Waals surface area contributed by atoms with Crippen LogP contribution in [-0.2, 0) is 9.53 Å². The average Bonchev–Trinajstić information content (AvgIpc) is 3.18. The van der Waals surface area contributed by atoms with Crippen LogP contribution >= 0.6 is 12.4 Å². The Morgan fingerprint density at radius 1 is 1.23 bits per heavy atom. The summed E-state index contributed by atoms with van der Waals surface area (Å²) < 4.78 is 10.9. The van der Waals surface area contributed by atoms with E-state index < -0.39 is 0 Å². The van der Waals surface area contributed by atoms with Crippen molar-refractivity contribution in [1.82, 2.24) is 15.6 Å². The van der Waals surface area contributed by atoms with Crippen LogP contribution in [0.4, 0.5) is 0 Å². The molecule has 2 heterocycles. The summed E-state index contributed by atoms with van der Waals surface area (Å²) >= 11 is 0. The standard InChI is InChI=1S/C23H27N3O3.ClH/c1-15-22(24-11-12-29-15)23(27)26-13-19(16-7-9-17(28-2)10-8-16)20-14-25-21-6-4-3-5-18(20)21;/h3-10,14-15,19,22,24-25H,11-13H2,1-2H3,(H,26,27);1H/t15-,19?,22+;/m1./s1. The molecule has 0 spiro atoms. The highest BCUT2D eigenvalue weighted by Crippen LogP contribution is 2.31. The van der Waals surface area contributed by atoms with Crippen molar-refractivity contribution in [2.45, 2.75) is 25.0 Å². The molecule has 1 saturated heterocycles. The van der Waals surface area contributed by atoms with E-state index in [0.717, 1.165) is 27.8 Å². The van der Waals surface area contributed by atoms with Gasteiger partial charge in [-0.05, 0) is 36.2 Å². The molecule has 2 aromatic carbocycles. The van der Waals surface area contributed by atoms with Crippen molar-refractivity contribution in [3.63, 3.8) is 0 Å².